The molecule has 0 aliphatic carbocycles. The molecule has 0 unspecified atom stereocenters. The SMILES string of the molecule is CC(C)(C)N1CC(C)(C)N(C(C)(C)C)N1N. The van der Waals surface area contributed by atoms with Crippen molar-refractivity contribution in [2.45, 2.75) is 72.0 Å². The molecular formula is C12H28N4. The van der Waals surface area contributed by atoms with Crippen molar-refractivity contribution in [1.29, 1.82) is 0 Å². The van der Waals surface area contributed by atoms with Crippen LogP contribution in [0.15, 0.2) is 0 Å². The van der Waals surface area contributed by atoms with Gasteiger partial charge < -0.3 is 0 Å². The van der Waals surface area contributed by atoms with Gasteiger partial charge in [-0.1, -0.05) is 0 Å². The molecule has 1 rings (SSSR count). The average Bonchev–Trinajstić information content (AvgIpc) is 2.17. The Morgan fingerprint density at radius 2 is 1.38 bits per heavy atom. The van der Waals surface area contributed by atoms with Crippen LogP contribution in [0.1, 0.15) is 55.4 Å². The lowest BCUT2D eigenvalue weighted by Gasteiger charge is -2.45. The fourth-order valence-corrected chi connectivity index (χ4v) is 2.65. The standard InChI is InChI=1S/C12H28N4/c1-10(2,3)14-9-12(7,8)15(16(14)13)11(4,5)6/h9,13H2,1-8H3. The van der Waals surface area contributed by atoms with E-state index in [-0.39, 0.29) is 16.6 Å². The van der Waals surface area contributed by atoms with E-state index in [9.17, 15) is 0 Å². The fraction of sp³-hybridized carbons (Fsp3) is 1.00. The monoisotopic (exact) mass is 228 g/mol. The predicted molar refractivity (Wildman–Crippen MR) is 68.2 cm³/mol. The van der Waals surface area contributed by atoms with Crippen molar-refractivity contribution in [2.75, 3.05) is 6.54 Å². The molecular weight excluding hydrogens is 200 g/mol. The van der Waals surface area contributed by atoms with E-state index in [2.05, 4.69) is 65.4 Å². The normalized spacial score (nSPS) is 25.3. The molecule has 0 bridgehead atoms. The van der Waals surface area contributed by atoms with Crippen LogP contribution in [0.4, 0.5) is 0 Å². The van der Waals surface area contributed by atoms with Crippen molar-refractivity contribution in [1.82, 2.24) is 15.2 Å². The van der Waals surface area contributed by atoms with Crippen molar-refractivity contribution >= 4 is 0 Å². The second kappa shape index (κ2) is 3.67. The largest absolute Gasteiger partial charge is 0.240 e. The molecule has 1 saturated heterocycles. The second-order valence-electron chi connectivity index (χ2n) is 7.34. The Bertz CT molecular complexity index is 259. The maximum absolute atomic E-state index is 6.26. The smallest absolute Gasteiger partial charge is 0.0475 e. The van der Waals surface area contributed by atoms with Gasteiger partial charge in [0.15, 0.2) is 0 Å². The van der Waals surface area contributed by atoms with Crippen LogP contribution in [0.3, 0.4) is 0 Å². The molecule has 1 heterocycles. The minimum Gasteiger partial charge on any atom is -0.240 e. The van der Waals surface area contributed by atoms with Crippen LogP contribution in [-0.4, -0.2) is 38.4 Å². The number of hydrogen-bond acceptors (Lipinski definition) is 4. The Balaban J connectivity index is 3.05. The molecule has 1 aliphatic rings. The van der Waals surface area contributed by atoms with E-state index in [1.54, 1.807) is 5.23 Å². The molecule has 0 atom stereocenters. The zero-order chi connectivity index (χ0) is 12.9. The Hall–Kier alpha value is -0.160. The van der Waals surface area contributed by atoms with Crippen LogP contribution in [0, 0.1) is 0 Å². The summed E-state index contributed by atoms with van der Waals surface area (Å²) in [4.78, 5) is 0. The van der Waals surface area contributed by atoms with Gasteiger partial charge in [-0.15, -0.1) is 5.23 Å². The first-order valence-electron chi connectivity index (χ1n) is 6.00. The second-order valence-corrected chi connectivity index (χ2v) is 7.34. The Labute approximate surface area is 100 Å². The third-order valence-corrected chi connectivity index (χ3v) is 2.97. The van der Waals surface area contributed by atoms with Gasteiger partial charge in [-0.25, -0.2) is 15.9 Å². The number of nitrogens with zero attached hydrogens (tertiary/aromatic N) is 3. The average molecular weight is 228 g/mol. The first-order chi connectivity index (χ1) is 6.87. The Kier molecular flexibility index (Phi) is 3.19. The number of hydrazine groups is 3. The first-order valence-corrected chi connectivity index (χ1v) is 6.00. The summed E-state index contributed by atoms with van der Waals surface area (Å²) in [5.74, 6) is 6.26. The molecule has 0 aromatic carbocycles. The maximum atomic E-state index is 6.26. The highest BCUT2D eigenvalue weighted by Gasteiger charge is 2.50. The fourth-order valence-electron chi connectivity index (χ4n) is 2.65. The van der Waals surface area contributed by atoms with E-state index in [0.717, 1.165) is 6.54 Å². The number of rotatable bonds is 0. The predicted octanol–water partition coefficient (Wildman–Crippen LogP) is 1.99. The summed E-state index contributed by atoms with van der Waals surface area (Å²) in [6, 6.07) is 0. The van der Waals surface area contributed by atoms with Crippen molar-refractivity contribution in [2.24, 2.45) is 5.84 Å². The van der Waals surface area contributed by atoms with Gasteiger partial charge in [-0.2, -0.15) is 0 Å². The van der Waals surface area contributed by atoms with Crippen LogP contribution in [-0.2, 0) is 0 Å². The van der Waals surface area contributed by atoms with E-state index in [4.69, 9.17) is 5.84 Å². The van der Waals surface area contributed by atoms with Gasteiger partial charge >= 0.3 is 0 Å². The van der Waals surface area contributed by atoms with Crippen LogP contribution in [0.5, 0.6) is 0 Å². The molecule has 96 valence electrons. The van der Waals surface area contributed by atoms with E-state index in [1.165, 1.54) is 0 Å². The Morgan fingerprint density at radius 1 is 0.938 bits per heavy atom. The lowest BCUT2D eigenvalue weighted by Crippen LogP contribution is -2.62. The first kappa shape index (κ1) is 13.9. The van der Waals surface area contributed by atoms with E-state index >= 15 is 0 Å². The lowest BCUT2D eigenvalue weighted by molar-refractivity contribution is -0.210. The van der Waals surface area contributed by atoms with Crippen molar-refractivity contribution in [3.05, 3.63) is 0 Å². The number of hydrogen-bond donors (Lipinski definition) is 1. The summed E-state index contributed by atoms with van der Waals surface area (Å²) in [5, 5.41) is 6.28. The zero-order valence-corrected chi connectivity index (χ0v) is 12.1. The van der Waals surface area contributed by atoms with Gasteiger partial charge in [0, 0.05) is 23.2 Å². The summed E-state index contributed by atoms with van der Waals surface area (Å²) in [6.07, 6.45) is 0. The van der Waals surface area contributed by atoms with Crippen molar-refractivity contribution in [3.8, 4) is 0 Å². The topological polar surface area (TPSA) is 35.7 Å². The van der Waals surface area contributed by atoms with Crippen molar-refractivity contribution in [3.63, 3.8) is 0 Å². The highest BCUT2D eigenvalue weighted by Crippen LogP contribution is 2.36. The molecule has 2 N–H and O–H groups in total. The maximum Gasteiger partial charge on any atom is 0.0475 e. The highest BCUT2D eigenvalue weighted by atomic mass is 16.0. The van der Waals surface area contributed by atoms with Crippen molar-refractivity contribution < 1.29 is 0 Å². The van der Waals surface area contributed by atoms with Gasteiger partial charge in [0.1, 0.15) is 0 Å². The summed E-state index contributed by atoms with van der Waals surface area (Å²) >= 11 is 0. The van der Waals surface area contributed by atoms with E-state index < -0.39 is 0 Å². The minimum absolute atomic E-state index is 0.0260. The molecule has 1 fully saturated rings. The summed E-state index contributed by atoms with van der Waals surface area (Å²) in [5.41, 5.74) is 0.130. The van der Waals surface area contributed by atoms with E-state index in [1.807, 2.05) is 0 Å². The van der Waals surface area contributed by atoms with Gasteiger partial charge in [-0.05, 0) is 55.4 Å². The highest BCUT2D eigenvalue weighted by molar-refractivity contribution is 4.96. The quantitative estimate of drug-likeness (QED) is 0.643. The molecule has 4 heteroatoms. The van der Waals surface area contributed by atoms with Crippen LogP contribution >= 0.6 is 0 Å². The zero-order valence-electron chi connectivity index (χ0n) is 12.1. The molecule has 16 heavy (non-hydrogen) atoms. The third kappa shape index (κ3) is 2.40. The van der Waals surface area contributed by atoms with Crippen LogP contribution in [0.2, 0.25) is 0 Å². The summed E-state index contributed by atoms with van der Waals surface area (Å²) in [6.45, 7) is 18.6. The third-order valence-electron chi connectivity index (χ3n) is 2.97. The molecule has 1 aliphatic heterocycles. The van der Waals surface area contributed by atoms with Gasteiger partial charge in [0.2, 0.25) is 0 Å². The molecule has 0 spiro atoms. The lowest BCUT2D eigenvalue weighted by atomic mass is 9.97. The van der Waals surface area contributed by atoms with Crippen LogP contribution in [0.25, 0.3) is 0 Å². The van der Waals surface area contributed by atoms with Gasteiger partial charge in [0.25, 0.3) is 0 Å². The summed E-state index contributed by atoms with van der Waals surface area (Å²) in [7, 11) is 0. The molecule has 0 aromatic heterocycles. The minimum atomic E-state index is 0.0260. The molecule has 0 saturated carbocycles. The molecule has 0 amide bonds. The number of nitrogens with two attached hydrogens (primary N) is 1. The molecule has 0 aromatic rings. The summed E-state index contributed by atoms with van der Waals surface area (Å²) < 4.78 is 0. The Morgan fingerprint density at radius 3 is 1.56 bits per heavy atom. The molecule has 0 radical (unpaired) electrons. The van der Waals surface area contributed by atoms with Crippen LogP contribution < -0.4 is 5.84 Å². The van der Waals surface area contributed by atoms with Gasteiger partial charge in [-0.3, -0.25) is 0 Å². The van der Waals surface area contributed by atoms with Gasteiger partial charge in [0.05, 0.1) is 0 Å². The molecule has 4 nitrogen and oxygen atoms in total. The van der Waals surface area contributed by atoms with E-state index in [0.29, 0.717) is 0 Å².